The largest absolute Gasteiger partial charge is 0.480 e. The van der Waals surface area contributed by atoms with Crippen molar-refractivity contribution in [3.05, 3.63) is 59.8 Å². The highest BCUT2D eigenvalue weighted by Crippen LogP contribution is 2.32. The Labute approximate surface area is 139 Å². The molecule has 1 amide bonds. The van der Waals surface area contributed by atoms with E-state index in [1.165, 1.54) is 18.3 Å². The summed E-state index contributed by atoms with van der Waals surface area (Å²) in [5, 5.41) is 11.8. The Morgan fingerprint density at radius 2 is 2.00 bits per heavy atom. The monoisotopic (exact) mass is 326 g/mol. The molecular weight excluding hydrogens is 308 g/mol. The molecule has 1 unspecified atom stereocenters. The summed E-state index contributed by atoms with van der Waals surface area (Å²) in [5.41, 5.74) is 1.33. The Morgan fingerprint density at radius 1 is 1.25 bits per heavy atom. The zero-order valence-corrected chi connectivity index (χ0v) is 13.0. The van der Waals surface area contributed by atoms with Crippen molar-refractivity contribution < 1.29 is 19.4 Å². The van der Waals surface area contributed by atoms with Crippen LogP contribution < -0.4 is 10.1 Å². The number of nitrogens with zero attached hydrogens (tertiary/aromatic N) is 1. The number of benzene rings is 1. The van der Waals surface area contributed by atoms with E-state index in [4.69, 9.17) is 4.74 Å². The van der Waals surface area contributed by atoms with Crippen molar-refractivity contribution in [2.24, 2.45) is 5.92 Å². The topological polar surface area (TPSA) is 88.5 Å². The molecule has 1 fully saturated rings. The van der Waals surface area contributed by atoms with Crippen LogP contribution in [-0.4, -0.2) is 28.0 Å². The number of carboxylic acid groups (broad SMARTS) is 1. The smallest absolute Gasteiger partial charge is 0.326 e. The van der Waals surface area contributed by atoms with Gasteiger partial charge < -0.3 is 15.2 Å². The van der Waals surface area contributed by atoms with E-state index in [2.05, 4.69) is 10.3 Å². The van der Waals surface area contributed by atoms with E-state index in [1.807, 2.05) is 30.3 Å². The van der Waals surface area contributed by atoms with Crippen LogP contribution in [0.3, 0.4) is 0 Å². The average Bonchev–Trinajstić information content (AvgIpc) is 3.43. The fourth-order valence-corrected chi connectivity index (χ4v) is 2.40. The maximum absolute atomic E-state index is 12.3. The lowest BCUT2D eigenvalue weighted by Crippen LogP contribution is -2.42. The zero-order valence-electron chi connectivity index (χ0n) is 13.0. The molecule has 24 heavy (non-hydrogen) atoms. The summed E-state index contributed by atoms with van der Waals surface area (Å²) in [7, 11) is 0. The van der Waals surface area contributed by atoms with Gasteiger partial charge in [0.15, 0.2) is 0 Å². The third-order valence-corrected chi connectivity index (χ3v) is 3.87. The first-order valence-electron chi connectivity index (χ1n) is 7.80. The number of hydrogen-bond acceptors (Lipinski definition) is 4. The zero-order chi connectivity index (χ0) is 16.9. The number of carbonyl (C=O) groups excluding carboxylic acids is 1. The first kappa shape index (κ1) is 16.0. The molecule has 6 nitrogen and oxygen atoms in total. The van der Waals surface area contributed by atoms with E-state index < -0.39 is 17.9 Å². The Morgan fingerprint density at radius 3 is 2.67 bits per heavy atom. The summed E-state index contributed by atoms with van der Waals surface area (Å²) in [6, 6.07) is 11.8. The SMILES string of the molecule is O=C(NC(C(=O)O)C1CC1)c1ccnc(OCc2ccccc2)c1. The predicted molar refractivity (Wildman–Crippen MR) is 86.6 cm³/mol. The van der Waals surface area contributed by atoms with Crippen LogP contribution in [0.25, 0.3) is 0 Å². The first-order valence-corrected chi connectivity index (χ1v) is 7.80. The third-order valence-electron chi connectivity index (χ3n) is 3.87. The molecule has 1 saturated carbocycles. The van der Waals surface area contributed by atoms with Crippen LogP contribution in [0.5, 0.6) is 5.88 Å². The molecule has 124 valence electrons. The molecule has 3 rings (SSSR count). The van der Waals surface area contributed by atoms with E-state index in [0.29, 0.717) is 18.1 Å². The molecule has 0 spiro atoms. The van der Waals surface area contributed by atoms with Crippen molar-refractivity contribution in [2.45, 2.75) is 25.5 Å². The molecule has 0 saturated heterocycles. The molecule has 1 aromatic carbocycles. The summed E-state index contributed by atoms with van der Waals surface area (Å²) in [4.78, 5) is 27.6. The van der Waals surface area contributed by atoms with E-state index in [9.17, 15) is 14.7 Å². The number of aromatic nitrogens is 1. The van der Waals surface area contributed by atoms with Crippen molar-refractivity contribution in [1.29, 1.82) is 0 Å². The number of carboxylic acids is 1. The summed E-state index contributed by atoms with van der Waals surface area (Å²) in [5.74, 6) is -1.08. The Bertz CT molecular complexity index is 729. The van der Waals surface area contributed by atoms with Gasteiger partial charge in [-0.3, -0.25) is 4.79 Å². The fraction of sp³-hybridized carbons (Fsp3) is 0.278. The summed E-state index contributed by atoms with van der Waals surface area (Å²) >= 11 is 0. The predicted octanol–water partition coefficient (Wildman–Crippen LogP) is 2.25. The maximum atomic E-state index is 12.3. The van der Waals surface area contributed by atoms with Gasteiger partial charge in [0, 0.05) is 17.8 Å². The van der Waals surface area contributed by atoms with Gasteiger partial charge in [0.1, 0.15) is 12.6 Å². The van der Waals surface area contributed by atoms with Crippen LogP contribution in [0, 0.1) is 5.92 Å². The number of amides is 1. The standard InChI is InChI=1S/C18H18N2O4/c21-17(20-16(18(22)23)13-6-7-13)14-8-9-19-15(10-14)24-11-12-4-2-1-3-5-12/h1-5,8-10,13,16H,6-7,11H2,(H,20,21)(H,22,23). The molecule has 1 aliphatic carbocycles. The molecule has 1 atom stereocenters. The van der Waals surface area contributed by atoms with Crippen LogP contribution in [0.2, 0.25) is 0 Å². The van der Waals surface area contributed by atoms with Gasteiger partial charge >= 0.3 is 5.97 Å². The quantitative estimate of drug-likeness (QED) is 0.815. The van der Waals surface area contributed by atoms with Crippen LogP contribution in [0.4, 0.5) is 0 Å². The lowest BCUT2D eigenvalue weighted by atomic mass is 10.1. The second-order valence-corrected chi connectivity index (χ2v) is 5.78. The second-order valence-electron chi connectivity index (χ2n) is 5.78. The number of pyridine rings is 1. The number of hydrogen-bond donors (Lipinski definition) is 2. The summed E-state index contributed by atoms with van der Waals surface area (Å²) < 4.78 is 5.59. The number of rotatable bonds is 7. The normalized spacial score (nSPS) is 14.7. The van der Waals surface area contributed by atoms with E-state index in [1.54, 1.807) is 0 Å². The average molecular weight is 326 g/mol. The van der Waals surface area contributed by atoms with Crippen molar-refractivity contribution >= 4 is 11.9 Å². The fourth-order valence-electron chi connectivity index (χ4n) is 2.40. The van der Waals surface area contributed by atoms with Crippen molar-refractivity contribution in [3.8, 4) is 5.88 Å². The summed E-state index contributed by atoms with van der Waals surface area (Å²) in [6.45, 7) is 0.346. The molecule has 0 aliphatic heterocycles. The van der Waals surface area contributed by atoms with Crippen LogP contribution in [-0.2, 0) is 11.4 Å². The Balaban J connectivity index is 1.63. The maximum Gasteiger partial charge on any atom is 0.326 e. The highest BCUT2D eigenvalue weighted by Gasteiger charge is 2.37. The van der Waals surface area contributed by atoms with Gasteiger partial charge in [-0.2, -0.15) is 0 Å². The van der Waals surface area contributed by atoms with Gasteiger partial charge in [-0.25, -0.2) is 9.78 Å². The highest BCUT2D eigenvalue weighted by molar-refractivity contribution is 5.96. The van der Waals surface area contributed by atoms with Crippen LogP contribution in [0.1, 0.15) is 28.8 Å². The molecule has 1 aliphatic rings. The molecule has 0 radical (unpaired) electrons. The Kier molecular flexibility index (Phi) is 4.74. The van der Waals surface area contributed by atoms with Gasteiger partial charge in [-0.1, -0.05) is 30.3 Å². The highest BCUT2D eigenvalue weighted by atomic mass is 16.5. The van der Waals surface area contributed by atoms with Crippen molar-refractivity contribution in [1.82, 2.24) is 10.3 Å². The first-order chi connectivity index (χ1) is 11.6. The summed E-state index contributed by atoms with van der Waals surface area (Å²) in [6.07, 6.45) is 3.14. The second kappa shape index (κ2) is 7.12. The van der Waals surface area contributed by atoms with Gasteiger partial charge in [-0.05, 0) is 30.4 Å². The van der Waals surface area contributed by atoms with E-state index >= 15 is 0 Å². The third kappa shape index (κ3) is 4.10. The number of ether oxygens (including phenoxy) is 1. The van der Waals surface area contributed by atoms with E-state index in [-0.39, 0.29) is 5.92 Å². The van der Waals surface area contributed by atoms with Crippen molar-refractivity contribution in [3.63, 3.8) is 0 Å². The molecule has 0 bridgehead atoms. The molecule has 1 heterocycles. The van der Waals surface area contributed by atoms with Crippen LogP contribution >= 0.6 is 0 Å². The van der Waals surface area contributed by atoms with E-state index in [0.717, 1.165) is 18.4 Å². The minimum absolute atomic E-state index is 0.0297. The molecule has 2 aromatic rings. The minimum Gasteiger partial charge on any atom is -0.480 e. The number of aliphatic carboxylic acids is 1. The molecule has 1 aromatic heterocycles. The van der Waals surface area contributed by atoms with Crippen LogP contribution in [0.15, 0.2) is 48.7 Å². The van der Waals surface area contributed by atoms with Gasteiger partial charge in [0.25, 0.3) is 5.91 Å². The molecular formula is C18H18N2O4. The van der Waals surface area contributed by atoms with Gasteiger partial charge in [0.05, 0.1) is 0 Å². The molecule has 6 heteroatoms. The number of carbonyl (C=O) groups is 2. The number of nitrogens with one attached hydrogen (secondary N) is 1. The Hall–Kier alpha value is -2.89. The van der Waals surface area contributed by atoms with Gasteiger partial charge in [0.2, 0.25) is 5.88 Å². The lowest BCUT2D eigenvalue weighted by Gasteiger charge is -2.14. The molecule has 2 N–H and O–H groups in total. The minimum atomic E-state index is -1.000. The van der Waals surface area contributed by atoms with Crippen molar-refractivity contribution in [2.75, 3.05) is 0 Å². The van der Waals surface area contributed by atoms with Gasteiger partial charge in [-0.15, -0.1) is 0 Å². The lowest BCUT2D eigenvalue weighted by molar-refractivity contribution is -0.139.